The number of nitrogens with zero attached hydrogens (tertiary/aromatic N) is 4. The minimum Gasteiger partial charge on any atom is -0.399 e. The van der Waals surface area contributed by atoms with Gasteiger partial charge in [0.05, 0.1) is 29.0 Å². The minimum absolute atomic E-state index is 0.0990. The van der Waals surface area contributed by atoms with Gasteiger partial charge in [0.15, 0.2) is 0 Å². The summed E-state index contributed by atoms with van der Waals surface area (Å²) in [4.78, 5) is 47.3. The van der Waals surface area contributed by atoms with Crippen LogP contribution in [0.5, 0.6) is 0 Å². The molecule has 1 saturated heterocycles. The summed E-state index contributed by atoms with van der Waals surface area (Å²) in [5.41, 5.74) is 2.90. The van der Waals surface area contributed by atoms with Crippen molar-refractivity contribution in [3.8, 4) is 11.3 Å². The highest BCUT2D eigenvalue weighted by molar-refractivity contribution is 6.05. The summed E-state index contributed by atoms with van der Waals surface area (Å²) in [5.74, 6) is -0.800. The number of aromatic nitrogens is 1. The predicted molar refractivity (Wildman–Crippen MR) is 135 cm³/mol. The summed E-state index contributed by atoms with van der Waals surface area (Å²) in [6, 6.07) is 17.1. The molecule has 2 heterocycles. The van der Waals surface area contributed by atoms with Crippen molar-refractivity contribution in [3.05, 3.63) is 94.2 Å². The molecule has 0 saturated carbocycles. The van der Waals surface area contributed by atoms with Gasteiger partial charge in [0, 0.05) is 42.4 Å². The molecule has 1 aromatic heterocycles. The topological polar surface area (TPSA) is 147 Å². The van der Waals surface area contributed by atoms with Crippen molar-refractivity contribution >= 4 is 23.2 Å². The first kappa shape index (κ1) is 25.5. The number of pyridine rings is 1. The van der Waals surface area contributed by atoms with Crippen LogP contribution in [0.4, 0.5) is 5.69 Å². The Bertz CT molecular complexity index is 1300. The van der Waals surface area contributed by atoms with Gasteiger partial charge in [0.25, 0.3) is 11.6 Å². The standard InChI is InChI=1S/C26H25N5O6/c1-37-29-20-14-23(25(33)28-15-24(32)18-9-11-21(12-10-18)31(35)36)30(16-20)26(34)19-7-5-17(6-8-19)22-4-2-3-13-27-22/h2-13,23-24,32H,14-16H2,1H3,(H,28,33)/t23-,24?/m0/s1. The van der Waals surface area contributed by atoms with E-state index >= 15 is 0 Å². The van der Waals surface area contributed by atoms with E-state index in [0.29, 0.717) is 16.8 Å². The molecule has 4 rings (SSSR count). The van der Waals surface area contributed by atoms with Crippen LogP contribution in [0, 0.1) is 10.1 Å². The van der Waals surface area contributed by atoms with E-state index in [2.05, 4.69) is 15.5 Å². The molecule has 190 valence electrons. The first-order valence-electron chi connectivity index (χ1n) is 11.5. The second-order valence-electron chi connectivity index (χ2n) is 8.39. The Morgan fingerprint density at radius 1 is 1.19 bits per heavy atom. The number of benzene rings is 2. The number of rotatable bonds is 8. The second kappa shape index (κ2) is 11.4. The number of amides is 2. The number of hydrogen-bond donors (Lipinski definition) is 2. The van der Waals surface area contributed by atoms with Crippen molar-refractivity contribution in [1.82, 2.24) is 15.2 Å². The fourth-order valence-corrected chi connectivity index (χ4v) is 4.08. The highest BCUT2D eigenvalue weighted by Gasteiger charge is 2.38. The molecule has 2 atom stereocenters. The van der Waals surface area contributed by atoms with Crippen LogP contribution in [0.15, 0.2) is 78.1 Å². The number of aliphatic hydroxyl groups excluding tert-OH is 1. The first-order valence-corrected chi connectivity index (χ1v) is 11.5. The van der Waals surface area contributed by atoms with Gasteiger partial charge in [-0.3, -0.25) is 24.7 Å². The maximum absolute atomic E-state index is 13.3. The number of carbonyl (C=O) groups is 2. The number of likely N-dealkylation sites (tertiary alicyclic amines) is 1. The van der Waals surface area contributed by atoms with Crippen LogP contribution in [0.2, 0.25) is 0 Å². The van der Waals surface area contributed by atoms with Crippen LogP contribution < -0.4 is 5.32 Å². The van der Waals surface area contributed by atoms with Crippen molar-refractivity contribution in [2.24, 2.45) is 5.16 Å². The van der Waals surface area contributed by atoms with Gasteiger partial charge in [-0.05, 0) is 42.0 Å². The summed E-state index contributed by atoms with van der Waals surface area (Å²) < 4.78 is 0. The lowest BCUT2D eigenvalue weighted by Crippen LogP contribution is -2.46. The van der Waals surface area contributed by atoms with Gasteiger partial charge in [0.2, 0.25) is 5.91 Å². The summed E-state index contributed by atoms with van der Waals surface area (Å²) in [6.07, 6.45) is 0.795. The van der Waals surface area contributed by atoms with Crippen LogP contribution in [0.25, 0.3) is 11.3 Å². The Balaban J connectivity index is 1.45. The van der Waals surface area contributed by atoms with Crippen molar-refractivity contribution in [3.63, 3.8) is 0 Å². The molecule has 0 spiro atoms. The average molecular weight is 504 g/mol. The van der Waals surface area contributed by atoms with Crippen LogP contribution >= 0.6 is 0 Å². The molecule has 1 unspecified atom stereocenters. The lowest BCUT2D eigenvalue weighted by Gasteiger charge is -2.24. The number of oxime groups is 1. The smallest absolute Gasteiger partial charge is 0.269 e. The van der Waals surface area contributed by atoms with Gasteiger partial charge in [0.1, 0.15) is 13.2 Å². The summed E-state index contributed by atoms with van der Waals surface area (Å²) >= 11 is 0. The van der Waals surface area contributed by atoms with Crippen molar-refractivity contribution in [2.75, 3.05) is 20.2 Å². The number of non-ortho nitro benzene ring substituents is 1. The third kappa shape index (κ3) is 5.96. The number of nitro groups is 1. The molecule has 37 heavy (non-hydrogen) atoms. The molecule has 11 heteroatoms. The maximum atomic E-state index is 13.3. The number of hydrogen-bond acceptors (Lipinski definition) is 8. The lowest BCUT2D eigenvalue weighted by molar-refractivity contribution is -0.384. The molecule has 2 N–H and O–H groups in total. The highest BCUT2D eigenvalue weighted by Crippen LogP contribution is 2.23. The van der Waals surface area contributed by atoms with E-state index in [1.807, 2.05) is 18.2 Å². The fourth-order valence-electron chi connectivity index (χ4n) is 4.08. The molecule has 0 radical (unpaired) electrons. The molecule has 1 fully saturated rings. The Kier molecular flexibility index (Phi) is 7.84. The zero-order chi connectivity index (χ0) is 26.4. The van der Waals surface area contributed by atoms with E-state index in [9.17, 15) is 24.8 Å². The molecular weight excluding hydrogens is 478 g/mol. The Morgan fingerprint density at radius 2 is 1.92 bits per heavy atom. The lowest BCUT2D eigenvalue weighted by atomic mass is 10.1. The monoisotopic (exact) mass is 503 g/mol. The molecule has 0 aliphatic carbocycles. The quantitative estimate of drug-likeness (QED) is 0.355. The Hall–Kier alpha value is -4.64. The largest absolute Gasteiger partial charge is 0.399 e. The molecule has 2 aromatic carbocycles. The SMILES string of the molecule is CON=C1C[C@@H](C(=O)NCC(O)c2ccc([N+](=O)[O-])cc2)N(C(=O)c2ccc(-c3ccccn3)cc2)C1. The molecule has 1 aliphatic rings. The molecular formula is C26H25N5O6. The van der Waals surface area contributed by atoms with Gasteiger partial charge in [-0.2, -0.15) is 0 Å². The van der Waals surface area contributed by atoms with Crippen LogP contribution in [0.1, 0.15) is 28.4 Å². The number of aliphatic hydroxyl groups is 1. The molecule has 11 nitrogen and oxygen atoms in total. The van der Waals surface area contributed by atoms with E-state index in [4.69, 9.17) is 4.84 Å². The third-order valence-corrected chi connectivity index (χ3v) is 5.99. The third-order valence-electron chi connectivity index (χ3n) is 5.99. The van der Waals surface area contributed by atoms with Crippen LogP contribution in [-0.2, 0) is 9.63 Å². The van der Waals surface area contributed by atoms with E-state index in [-0.39, 0.29) is 31.1 Å². The van der Waals surface area contributed by atoms with Crippen molar-refractivity contribution < 1.29 is 24.5 Å². The number of nitrogens with one attached hydrogen (secondary N) is 1. The van der Waals surface area contributed by atoms with Crippen molar-refractivity contribution in [1.29, 1.82) is 0 Å². The van der Waals surface area contributed by atoms with Gasteiger partial charge in [-0.25, -0.2) is 0 Å². The van der Waals surface area contributed by atoms with E-state index in [1.54, 1.807) is 30.5 Å². The number of nitro benzene ring substituents is 1. The normalized spacial score (nSPS) is 16.9. The van der Waals surface area contributed by atoms with E-state index in [1.165, 1.54) is 36.3 Å². The van der Waals surface area contributed by atoms with E-state index in [0.717, 1.165) is 11.3 Å². The van der Waals surface area contributed by atoms with Crippen LogP contribution in [-0.4, -0.2) is 63.7 Å². The van der Waals surface area contributed by atoms with Crippen molar-refractivity contribution in [2.45, 2.75) is 18.6 Å². The summed E-state index contributed by atoms with van der Waals surface area (Å²) in [5, 5.41) is 27.9. The average Bonchev–Trinajstić information content (AvgIpc) is 3.36. The zero-order valence-corrected chi connectivity index (χ0v) is 20.0. The summed E-state index contributed by atoms with van der Waals surface area (Å²) in [6.45, 7) is -0.0115. The highest BCUT2D eigenvalue weighted by atomic mass is 16.6. The second-order valence-corrected chi connectivity index (χ2v) is 8.39. The fraction of sp³-hybridized carbons (Fsp3) is 0.231. The zero-order valence-electron chi connectivity index (χ0n) is 20.0. The van der Waals surface area contributed by atoms with Crippen LogP contribution in [0.3, 0.4) is 0 Å². The van der Waals surface area contributed by atoms with Gasteiger partial charge in [-0.15, -0.1) is 0 Å². The molecule has 0 bridgehead atoms. The van der Waals surface area contributed by atoms with Gasteiger partial charge in [-0.1, -0.05) is 23.4 Å². The Labute approximate surface area is 212 Å². The number of carbonyl (C=O) groups excluding carboxylic acids is 2. The van der Waals surface area contributed by atoms with Gasteiger partial charge >= 0.3 is 0 Å². The predicted octanol–water partition coefficient (Wildman–Crippen LogP) is 2.72. The molecule has 2 amide bonds. The van der Waals surface area contributed by atoms with Gasteiger partial charge < -0.3 is 20.2 Å². The minimum atomic E-state index is -1.08. The first-order chi connectivity index (χ1) is 17.9. The maximum Gasteiger partial charge on any atom is 0.269 e. The molecule has 3 aromatic rings. The summed E-state index contributed by atoms with van der Waals surface area (Å²) in [7, 11) is 1.39. The molecule has 1 aliphatic heterocycles. The van der Waals surface area contributed by atoms with E-state index < -0.39 is 23.0 Å². The Morgan fingerprint density at radius 3 is 2.54 bits per heavy atom.